The number of anilines is 2. The predicted molar refractivity (Wildman–Crippen MR) is 156 cm³/mol. The number of rotatable bonds is 10. The minimum atomic E-state index is -0.380. The van der Waals surface area contributed by atoms with E-state index in [9.17, 15) is 14.4 Å². The highest BCUT2D eigenvalue weighted by molar-refractivity contribution is 6.13. The molecule has 0 aromatic carbocycles. The van der Waals surface area contributed by atoms with Crippen LogP contribution in [0.1, 0.15) is 59.4 Å². The molecule has 4 aromatic heterocycles. The average molecular weight is 598 g/mol. The number of imidazole rings is 1. The van der Waals surface area contributed by atoms with Crippen molar-refractivity contribution in [3.63, 3.8) is 0 Å². The molecule has 4 amide bonds. The molecule has 3 aliphatic rings. The molecule has 2 saturated carbocycles. The van der Waals surface area contributed by atoms with Crippen LogP contribution in [0.3, 0.4) is 0 Å². The van der Waals surface area contributed by atoms with Crippen LogP contribution in [0, 0.1) is 12.8 Å². The van der Waals surface area contributed by atoms with Crippen molar-refractivity contribution >= 4 is 35.1 Å². The van der Waals surface area contributed by atoms with Gasteiger partial charge in [0, 0.05) is 56.5 Å². The number of ether oxygens (including phenoxy) is 2. The molecular formula is C30H31N9O5. The molecule has 0 unspecified atom stereocenters. The number of nitrogens with one attached hydrogen (secondary N) is 1. The Morgan fingerprint density at radius 2 is 1.95 bits per heavy atom. The molecule has 4 aromatic rings. The summed E-state index contributed by atoms with van der Waals surface area (Å²) < 4.78 is 13.3. The van der Waals surface area contributed by atoms with Crippen molar-refractivity contribution in [1.29, 1.82) is 0 Å². The van der Waals surface area contributed by atoms with Gasteiger partial charge in [0.2, 0.25) is 23.6 Å². The quantitative estimate of drug-likeness (QED) is 0.270. The van der Waals surface area contributed by atoms with E-state index in [0.29, 0.717) is 40.8 Å². The van der Waals surface area contributed by atoms with Crippen LogP contribution in [0.15, 0.2) is 36.9 Å². The largest absolute Gasteiger partial charge is 0.471 e. The smallest absolute Gasteiger partial charge is 0.331 e. The number of likely N-dealkylation sites (N-methyl/N-ethyl adjacent to an activating group) is 1. The summed E-state index contributed by atoms with van der Waals surface area (Å²) in [5, 5.41) is 2.79. The molecule has 5 heterocycles. The van der Waals surface area contributed by atoms with Crippen molar-refractivity contribution in [3.8, 4) is 5.88 Å². The number of amides is 4. The van der Waals surface area contributed by atoms with E-state index in [-0.39, 0.29) is 61.3 Å². The first kappa shape index (κ1) is 27.8. The molecule has 0 spiro atoms. The molecule has 14 nitrogen and oxygen atoms in total. The zero-order chi connectivity index (χ0) is 30.5. The van der Waals surface area contributed by atoms with Crippen LogP contribution >= 0.6 is 0 Å². The van der Waals surface area contributed by atoms with Gasteiger partial charge in [-0.1, -0.05) is 0 Å². The summed E-state index contributed by atoms with van der Waals surface area (Å²) in [5.74, 6) is 0.703. The molecule has 7 rings (SSSR count). The zero-order valence-electron chi connectivity index (χ0n) is 24.6. The van der Waals surface area contributed by atoms with Crippen molar-refractivity contribution < 1.29 is 23.9 Å². The fourth-order valence-electron chi connectivity index (χ4n) is 5.44. The molecule has 3 fully saturated rings. The number of hydrogen-bond acceptors (Lipinski definition) is 10. The number of pyridine rings is 1. The maximum atomic E-state index is 13.0. The fraction of sp³-hybridized carbons (Fsp3) is 0.400. The van der Waals surface area contributed by atoms with Gasteiger partial charge in [-0.3, -0.25) is 24.7 Å². The van der Waals surface area contributed by atoms with Gasteiger partial charge in [0.1, 0.15) is 19.0 Å². The molecule has 1 N–H and O–H groups in total. The Balaban J connectivity index is 1.10. The molecule has 0 radical (unpaired) electrons. The highest BCUT2D eigenvalue weighted by atomic mass is 16.5. The minimum Gasteiger partial charge on any atom is -0.471 e. The van der Waals surface area contributed by atoms with E-state index in [1.165, 1.54) is 11.9 Å². The highest BCUT2D eigenvalue weighted by Gasteiger charge is 2.46. The van der Waals surface area contributed by atoms with Gasteiger partial charge in [0.25, 0.3) is 0 Å². The maximum Gasteiger partial charge on any atom is 0.331 e. The Morgan fingerprint density at radius 1 is 1.11 bits per heavy atom. The van der Waals surface area contributed by atoms with Gasteiger partial charge in [0.05, 0.1) is 23.6 Å². The number of nitrogens with zero attached hydrogens (tertiary/aromatic N) is 8. The third-order valence-corrected chi connectivity index (χ3v) is 8.12. The van der Waals surface area contributed by atoms with Gasteiger partial charge in [-0.25, -0.2) is 24.7 Å². The highest BCUT2D eigenvalue weighted by Crippen LogP contribution is 2.46. The number of imide groups is 1. The maximum absolute atomic E-state index is 13.0. The normalized spacial score (nSPS) is 19.6. The van der Waals surface area contributed by atoms with Gasteiger partial charge < -0.3 is 13.9 Å². The van der Waals surface area contributed by atoms with E-state index in [2.05, 4.69) is 25.3 Å². The van der Waals surface area contributed by atoms with E-state index in [1.54, 1.807) is 19.5 Å². The van der Waals surface area contributed by atoms with Crippen molar-refractivity contribution in [2.45, 2.75) is 51.2 Å². The van der Waals surface area contributed by atoms with E-state index >= 15 is 0 Å². The topological polar surface area (TPSA) is 157 Å². The summed E-state index contributed by atoms with van der Waals surface area (Å²) in [6.45, 7) is 2.12. The van der Waals surface area contributed by atoms with Crippen LogP contribution in [-0.2, 0) is 27.5 Å². The molecule has 14 heteroatoms. The average Bonchev–Trinajstić information content (AvgIpc) is 3.94. The number of urea groups is 1. The van der Waals surface area contributed by atoms with E-state index < -0.39 is 0 Å². The summed E-state index contributed by atoms with van der Waals surface area (Å²) in [6.07, 6.45) is 9.94. The minimum absolute atomic E-state index is 0.0341. The van der Waals surface area contributed by atoms with Crippen molar-refractivity contribution in [2.24, 2.45) is 5.92 Å². The summed E-state index contributed by atoms with van der Waals surface area (Å²) in [5.41, 5.74) is 4.29. The van der Waals surface area contributed by atoms with Gasteiger partial charge in [-0.05, 0) is 49.8 Å². The van der Waals surface area contributed by atoms with Crippen LogP contribution in [0.2, 0.25) is 0 Å². The SMILES string of the molecule is COCc1cnc(NC(=O)[C@H]2C[C@@H]2c2nccc(C)n2)nc1OCc1cn2cc(C3CC3)cc(N3CC(=O)N(C)C3=O)c2n1. The number of fused-ring (bicyclic) bond motifs is 1. The Bertz CT molecular complexity index is 1800. The second-order valence-corrected chi connectivity index (χ2v) is 11.5. The number of methoxy groups -OCH3 is 1. The zero-order valence-corrected chi connectivity index (χ0v) is 24.6. The van der Waals surface area contributed by atoms with Gasteiger partial charge >= 0.3 is 6.03 Å². The number of aromatic nitrogens is 6. The lowest BCUT2D eigenvalue weighted by atomic mass is 10.1. The molecular weight excluding hydrogens is 566 g/mol. The Kier molecular flexibility index (Phi) is 6.92. The molecule has 0 bridgehead atoms. The molecule has 1 saturated heterocycles. The van der Waals surface area contributed by atoms with Crippen LogP contribution in [0.25, 0.3) is 5.65 Å². The number of hydrogen-bond donors (Lipinski definition) is 1. The number of carbonyl (C=O) groups is 3. The first-order valence-corrected chi connectivity index (χ1v) is 14.5. The van der Waals surface area contributed by atoms with Gasteiger partial charge in [-0.2, -0.15) is 4.98 Å². The molecule has 44 heavy (non-hydrogen) atoms. The monoisotopic (exact) mass is 597 g/mol. The van der Waals surface area contributed by atoms with E-state index in [0.717, 1.165) is 29.0 Å². The van der Waals surface area contributed by atoms with E-state index in [4.69, 9.17) is 14.5 Å². The lowest BCUT2D eigenvalue weighted by Gasteiger charge is -2.17. The second-order valence-electron chi connectivity index (χ2n) is 11.5. The third-order valence-electron chi connectivity index (χ3n) is 8.12. The van der Waals surface area contributed by atoms with Gasteiger partial charge in [0.15, 0.2) is 5.65 Å². The number of aryl methyl sites for hydroxylation is 1. The Morgan fingerprint density at radius 3 is 2.68 bits per heavy atom. The summed E-state index contributed by atoms with van der Waals surface area (Å²) in [7, 11) is 3.04. The van der Waals surface area contributed by atoms with Gasteiger partial charge in [-0.15, -0.1) is 0 Å². The van der Waals surface area contributed by atoms with Crippen LogP contribution in [0.5, 0.6) is 5.88 Å². The molecule has 2 aliphatic carbocycles. The summed E-state index contributed by atoms with van der Waals surface area (Å²) >= 11 is 0. The lowest BCUT2D eigenvalue weighted by molar-refractivity contribution is -0.124. The predicted octanol–water partition coefficient (Wildman–Crippen LogP) is 2.97. The van der Waals surface area contributed by atoms with Crippen LogP contribution in [-0.4, -0.2) is 72.8 Å². The number of carbonyl (C=O) groups excluding carboxylic acids is 3. The lowest BCUT2D eigenvalue weighted by Crippen LogP contribution is -2.30. The summed E-state index contributed by atoms with van der Waals surface area (Å²) in [6, 6.07) is 3.40. The standard InChI is InChI=1S/C30H31N9O5/c1-16-6-7-31-25(33-16)21-9-22(21)27(41)35-29-32-10-19(14-43-3)28(36-29)44-15-20-12-38-11-18(17-4-5-17)8-23(26(38)34-20)39-13-24(40)37(2)30(39)42/h6-8,10-12,17,21-22H,4-5,9,13-15H2,1-3H3,(H,32,35,36,41)/t21-,22-/m0/s1. The van der Waals surface area contributed by atoms with Crippen molar-refractivity contribution in [3.05, 3.63) is 65.3 Å². The molecule has 1 aliphatic heterocycles. The van der Waals surface area contributed by atoms with Crippen LogP contribution < -0.4 is 15.0 Å². The Labute approximate surface area is 252 Å². The summed E-state index contributed by atoms with van der Waals surface area (Å²) in [4.78, 5) is 62.9. The second kappa shape index (κ2) is 10.9. The molecule has 2 atom stereocenters. The first-order chi connectivity index (χ1) is 21.3. The van der Waals surface area contributed by atoms with Crippen molar-refractivity contribution in [1.82, 2.24) is 34.2 Å². The molecule has 226 valence electrons. The first-order valence-electron chi connectivity index (χ1n) is 14.5. The van der Waals surface area contributed by atoms with Crippen molar-refractivity contribution in [2.75, 3.05) is 30.9 Å². The Hall–Kier alpha value is -4.98. The third kappa shape index (κ3) is 5.32. The fourth-order valence-corrected chi connectivity index (χ4v) is 5.44. The van der Waals surface area contributed by atoms with E-state index in [1.807, 2.05) is 35.9 Å². The van der Waals surface area contributed by atoms with Crippen LogP contribution in [0.4, 0.5) is 16.4 Å².